The third-order valence-electron chi connectivity index (χ3n) is 2.37. The third-order valence-corrected chi connectivity index (χ3v) is 3.37. The molecule has 0 fully saturated rings. The summed E-state index contributed by atoms with van der Waals surface area (Å²) >= 11 is 1.37. The monoisotopic (exact) mass is 309 g/mol. The van der Waals surface area contributed by atoms with Crippen molar-refractivity contribution in [2.75, 3.05) is 18.5 Å². The van der Waals surface area contributed by atoms with Crippen molar-refractivity contribution in [3.63, 3.8) is 0 Å². The summed E-state index contributed by atoms with van der Waals surface area (Å²) in [6, 6.07) is 3.73. The molecule has 2 heterocycles. The number of thiophene rings is 1. The number of carbonyl (C=O) groups excluding carboxylic acids is 2. The minimum atomic E-state index is -0.407. The molecule has 9 heteroatoms. The highest BCUT2D eigenvalue weighted by molar-refractivity contribution is 7.13. The lowest BCUT2D eigenvalue weighted by Gasteiger charge is -2.03. The molecule has 0 aliphatic carbocycles. The molecule has 0 atom stereocenters. The predicted molar refractivity (Wildman–Crippen MR) is 77.6 cm³/mol. The van der Waals surface area contributed by atoms with Gasteiger partial charge in [-0.1, -0.05) is 0 Å². The van der Waals surface area contributed by atoms with Crippen molar-refractivity contribution in [3.8, 4) is 6.01 Å². The quantitative estimate of drug-likeness (QED) is 0.736. The molecule has 0 aliphatic heterocycles. The third kappa shape index (κ3) is 4.28. The molecule has 2 rings (SSSR count). The first kappa shape index (κ1) is 15.0. The fourth-order valence-electron chi connectivity index (χ4n) is 1.48. The van der Waals surface area contributed by atoms with Crippen LogP contribution >= 0.6 is 11.3 Å². The van der Waals surface area contributed by atoms with Gasteiger partial charge in [0.1, 0.15) is 0 Å². The molecule has 0 saturated heterocycles. The smallest absolute Gasteiger partial charge is 0.337 e. The van der Waals surface area contributed by atoms with Crippen molar-refractivity contribution in [1.29, 1.82) is 0 Å². The average molecular weight is 309 g/mol. The molecule has 0 aromatic carbocycles. The summed E-state index contributed by atoms with van der Waals surface area (Å²) in [5.74, 6) is -0.517. The fourth-order valence-corrected chi connectivity index (χ4v) is 2.26. The first-order chi connectivity index (χ1) is 10.1. The molecule has 2 aromatic heterocycles. The Morgan fingerprint density at radius 1 is 1.43 bits per heavy atom. The van der Waals surface area contributed by atoms with E-state index in [0.717, 1.165) is 4.88 Å². The largest absolute Gasteiger partial charge is 0.463 e. The normalized spacial score (nSPS) is 10.2. The Balaban J connectivity index is 1.80. The molecule has 0 bridgehead atoms. The van der Waals surface area contributed by atoms with Crippen molar-refractivity contribution >= 4 is 29.1 Å². The van der Waals surface area contributed by atoms with Crippen molar-refractivity contribution in [2.24, 2.45) is 0 Å². The highest BCUT2D eigenvalue weighted by Gasteiger charge is 2.11. The van der Waals surface area contributed by atoms with E-state index in [4.69, 9.17) is 4.74 Å². The maximum atomic E-state index is 11.8. The predicted octanol–water partition coefficient (Wildman–Crippen LogP) is 0.942. The number of carbonyl (C=O) groups is 2. The van der Waals surface area contributed by atoms with Gasteiger partial charge in [0.2, 0.25) is 11.9 Å². The van der Waals surface area contributed by atoms with Gasteiger partial charge in [0.15, 0.2) is 0 Å². The number of rotatable bonds is 6. The van der Waals surface area contributed by atoms with Crippen LogP contribution in [0.2, 0.25) is 0 Å². The number of amides is 2. The number of hydrogen-bond acceptors (Lipinski definition) is 6. The van der Waals surface area contributed by atoms with Gasteiger partial charge in [0.25, 0.3) is 5.91 Å². The van der Waals surface area contributed by atoms with Crippen LogP contribution in [0.1, 0.15) is 21.5 Å². The Morgan fingerprint density at radius 3 is 2.90 bits per heavy atom. The van der Waals surface area contributed by atoms with E-state index in [2.05, 4.69) is 25.8 Å². The van der Waals surface area contributed by atoms with E-state index in [1.54, 1.807) is 13.0 Å². The van der Waals surface area contributed by atoms with Gasteiger partial charge in [0, 0.05) is 4.88 Å². The molecule has 3 N–H and O–H groups in total. The minimum absolute atomic E-state index is 0.152. The molecule has 0 aliphatic rings. The van der Waals surface area contributed by atoms with Crippen LogP contribution in [0.25, 0.3) is 0 Å². The van der Waals surface area contributed by atoms with Crippen LogP contribution in [0.4, 0.5) is 5.95 Å². The van der Waals surface area contributed by atoms with Crippen LogP contribution in [0.5, 0.6) is 6.01 Å². The standard InChI is InChI=1S/C12H15N5O3S/c1-3-20-12-15-11(16-17-12)14-9(18)6-13-10(19)8-5-4-7(2)21-8/h4-5H,3,6H2,1-2H3,(H,13,19)(H2,14,15,16,17,18). The number of nitrogens with zero attached hydrogens (tertiary/aromatic N) is 2. The SMILES string of the molecule is CCOc1n[nH]c(NC(=O)CNC(=O)c2ccc(C)s2)n1. The lowest BCUT2D eigenvalue weighted by Crippen LogP contribution is -2.32. The Hall–Kier alpha value is -2.42. The number of anilines is 1. The van der Waals surface area contributed by atoms with E-state index < -0.39 is 5.91 Å². The van der Waals surface area contributed by atoms with E-state index >= 15 is 0 Å². The van der Waals surface area contributed by atoms with Crippen molar-refractivity contribution < 1.29 is 14.3 Å². The number of H-pyrrole nitrogens is 1. The summed E-state index contributed by atoms with van der Waals surface area (Å²) in [7, 11) is 0. The molecule has 8 nitrogen and oxygen atoms in total. The van der Waals surface area contributed by atoms with Crippen LogP contribution in [0.3, 0.4) is 0 Å². The van der Waals surface area contributed by atoms with Crippen LogP contribution < -0.4 is 15.4 Å². The van der Waals surface area contributed by atoms with Gasteiger partial charge in [-0.2, -0.15) is 4.98 Å². The van der Waals surface area contributed by atoms with Crippen molar-refractivity contribution in [2.45, 2.75) is 13.8 Å². The second kappa shape index (κ2) is 6.84. The summed E-state index contributed by atoms with van der Waals surface area (Å²) in [6.07, 6.45) is 0. The Morgan fingerprint density at radius 2 is 2.24 bits per heavy atom. The zero-order chi connectivity index (χ0) is 15.2. The molecule has 0 radical (unpaired) electrons. The highest BCUT2D eigenvalue weighted by atomic mass is 32.1. The number of ether oxygens (including phenoxy) is 1. The van der Waals surface area contributed by atoms with Gasteiger partial charge in [-0.25, -0.2) is 5.10 Å². The van der Waals surface area contributed by atoms with Gasteiger partial charge in [-0.3, -0.25) is 14.9 Å². The van der Waals surface area contributed by atoms with Crippen LogP contribution in [-0.2, 0) is 4.79 Å². The number of aromatic nitrogens is 3. The van der Waals surface area contributed by atoms with Gasteiger partial charge in [-0.05, 0) is 26.0 Å². The van der Waals surface area contributed by atoms with Gasteiger partial charge < -0.3 is 10.1 Å². The summed E-state index contributed by atoms with van der Waals surface area (Å²) in [6.45, 7) is 3.99. The van der Waals surface area contributed by atoms with Crippen LogP contribution in [-0.4, -0.2) is 40.1 Å². The van der Waals surface area contributed by atoms with Crippen LogP contribution in [0, 0.1) is 6.92 Å². The van der Waals surface area contributed by atoms with Crippen LogP contribution in [0.15, 0.2) is 12.1 Å². The maximum Gasteiger partial charge on any atom is 0.337 e. The molecule has 2 amide bonds. The summed E-state index contributed by atoms with van der Waals surface area (Å²) in [5.41, 5.74) is 0. The van der Waals surface area contributed by atoms with Gasteiger partial charge in [0.05, 0.1) is 18.0 Å². The summed E-state index contributed by atoms with van der Waals surface area (Å²) < 4.78 is 5.05. The Kier molecular flexibility index (Phi) is 4.88. The Labute approximate surface area is 124 Å². The number of nitrogens with one attached hydrogen (secondary N) is 3. The zero-order valence-electron chi connectivity index (χ0n) is 11.6. The minimum Gasteiger partial charge on any atom is -0.463 e. The van der Waals surface area contributed by atoms with Gasteiger partial charge in [-0.15, -0.1) is 16.4 Å². The number of aromatic amines is 1. The lowest BCUT2D eigenvalue weighted by atomic mass is 10.4. The molecule has 2 aromatic rings. The topological polar surface area (TPSA) is 109 Å². The molecular formula is C12H15N5O3S. The molecule has 21 heavy (non-hydrogen) atoms. The average Bonchev–Trinajstić information content (AvgIpc) is 3.06. The van der Waals surface area contributed by atoms with E-state index in [-0.39, 0.29) is 24.4 Å². The van der Waals surface area contributed by atoms with E-state index in [9.17, 15) is 9.59 Å². The lowest BCUT2D eigenvalue weighted by molar-refractivity contribution is -0.115. The van der Waals surface area contributed by atoms with Crippen molar-refractivity contribution in [1.82, 2.24) is 20.5 Å². The fraction of sp³-hybridized carbons (Fsp3) is 0.333. The second-order valence-corrected chi connectivity index (χ2v) is 5.33. The summed E-state index contributed by atoms with van der Waals surface area (Å²) in [4.78, 5) is 28.9. The molecule has 0 unspecified atom stereocenters. The maximum absolute atomic E-state index is 11.8. The highest BCUT2D eigenvalue weighted by Crippen LogP contribution is 2.14. The molecular weight excluding hydrogens is 294 g/mol. The molecule has 0 spiro atoms. The first-order valence-corrected chi connectivity index (χ1v) is 7.10. The first-order valence-electron chi connectivity index (χ1n) is 6.28. The number of aryl methyl sites for hydroxylation is 1. The molecule has 0 saturated carbocycles. The van der Waals surface area contributed by atoms with E-state index in [1.165, 1.54) is 11.3 Å². The molecule has 112 valence electrons. The van der Waals surface area contributed by atoms with Gasteiger partial charge >= 0.3 is 6.01 Å². The summed E-state index contributed by atoms with van der Waals surface area (Å²) in [5, 5.41) is 11.3. The number of hydrogen-bond donors (Lipinski definition) is 3. The Bertz CT molecular complexity index is 636. The van der Waals surface area contributed by atoms with E-state index in [1.807, 2.05) is 13.0 Å². The van der Waals surface area contributed by atoms with Crippen molar-refractivity contribution in [3.05, 3.63) is 21.9 Å². The zero-order valence-corrected chi connectivity index (χ0v) is 12.4. The second-order valence-electron chi connectivity index (χ2n) is 4.04. The van der Waals surface area contributed by atoms with E-state index in [0.29, 0.717) is 11.5 Å².